The fourth-order valence-electron chi connectivity index (χ4n) is 0.815. The molecule has 0 saturated carbocycles. The van der Waals surface area contributed by atoms with E-state index >= 15 is 0 Å². The summed E-state index contributed by atoms with van der Waals surface area (Å²) in [6.45, 7) is 1.82. The number of hydrogen-bond donors (Lipinski definition) is 1. The van der Waals surface area contributed by atoms with Crippen molar-refractivity contribution < 1.29 is 10.0 Å². The Balaban J connectivity index is 2.56. The van der Waals surface area contributed by atoms with Gasteiger partial charge in [-0.3, -0.25) is 10.0 Å². The van der Waals surface area contributed by atoms with E-state index in [1.165, 1.54) is 0 Å². The van der Waals surface area contributed by atoms with Crippen LogP contribution in [0.2, 0.25) is 0 Å². The molecule has 1 amide bonds. The largest absolute Gasteiger partial charge is 0.286 e. The third kappa shape index (κ3) is 0.690. The van der Waals surface area contributed by atoms with Crippen molar-refractivity contribution in [2.24, 2.45) is 0 Å². The minimum Gasteiger partial charge on any atom is -0.286 e. The van der Waals surface area contributed by atoms with Crippen molar-refractivity contribution in [3.63, 3.8) is 0 Å². The van der Waals surface area contributed by atoms with Crippen molar-refractivity contribution >= 4 is 5.91 Å². The lowest BCUT2D eigenvalue weighted by molar-refractivity contribution is -0.163. The van der Waals surface area contributed by atoms with E-state index in [9.17, 15) is 4.79 Å². The molecule has 0 unspecified atom stereocenters. The van der Waals surface area contributed by atoms with Crippen molar-refractivity contribution in [2.45, 2.75) is 25.8 Å². The fraction of sp³-hybridized carbons (Fsp3) is 0.800. The highest BCUT2D eigenvalue weighted by atomic mass is 16.5. The third-order valence-electron chi connectivity index (χ3n) is 1.45. The molecule has 0 radical (unpaired) electrons. The molecular formula is C5H9NO2. The van der Waals surface area contributed by atoms with Gasteiger partial charge in [-0.1, -0.05) is 0 Å². The number of hydroxylamine groups is 2. The Morgan fingerprint density at radius 3 is 2.62 bits per heavy atom. The number of amides is 1. The second-order valence-electron chi connectivity index (χ2n) is 2.13. The summed E-state index contributed by atoms with van der Waals surface area (Å²) in [5.41, 5.74) is 0. The maximum absolute atomic E-state index is 10.5. The highest BCUT2D eigenvalue weighted by molar-refractivity contribution is 5.77. The smallest absolute Gasteiger partial charge is 0.246 e. The van der Waals surface area contributed by atoms with Crippen LogP contribution in [0.1, 0.15) is 19.8 Å². The summed E-state index contributed by atoms with van der Waals surface area (Å²) >= 11 is 0. The van der Waals surface area contributed by atoms with Gasteiger partial charge >= 0.3 is 0 Å². The van der Waals surface area contributed by atoms with Crippen LogP contribution in [-0.2, 0) is 4.79 Å². The Bertz CT molecular complexity index is 113. The van der Waals surface area contributed by atoms with Crippen LogP contribution in [-0.4, -0.2) is 22.2 Å². The van der Waals surface area contributed by atoms with Gasteiger partial charge in [0, 0.05) is 6.42 Å². The second-order valence-corrected chi connectivity index (χ2v) is 2.13. The van der Waals surface area contributed by atoms with Crippen LogP contribution in [0, 0.1) is 0 Å². The fourth-order valence-corrected chi connectivity index (χ4v) is 0.815. The van der Waals surface area contributed by atoms with Crippen LogP contribution < -0.4 is 0 Å². The molecule has 46 valence electrons. The van der Waals surface area contributed by atoms with Gasteiger partial charge in [0.05, 0.1) is 6.04 Å². The normalized spacial score (nSPS) is 29.5. The van der Waals surface area contributed by atoms with E-state index in [2.05, 4.69) is 0 Å². The summed E-state index contributed by atoms with van der Waals surface area (Å²) in [6, 6.07) is 0.0301. The minimum atomic E-state index is -0.155. The second kappa shape index (κ2) is 1.74. The Morgan fingerprint density at radius 2 is 2.50 bits per heavy atom. The van der Waals surface area contributed by atoms with Crippen molar-refractivity contribution in [3.05, 3.63) is 0 Å². The summed E-state index contributed by atoms with van der Waals surface area (Å²) in [4.78, 5) is 10.5. The van der Waals surface area contributed by atoms with Gasteiger partial charge in [-0.05, 0) is 13.3 Å². The van der Waals surface area contributed by atoms with E-state index in [1.807, 2.05) is 6.92 Å². The molecule has 0 aliphatic carbocycles. The average Bonchev–Trinajstić information content (AvgIpc) is 1.98. The molecule has 8 heavy (non-hydrogen) atoms. The molecular weight excluding hydrogens is 106 g/mol. The lowest BCUT2D eigenvalue weighted by Crippen LogP contribution is -2.26. The van der Waals surface area contributed by atoms with Gasteiger partial charge in [0.25, 0.3) is 0 Å². The lowest BCUT2D eigenvalue weighted by Gasteiger charge is -2.10. The van der Waals surface area contributed by atoms with E-state index in [4.69, 9.17) is 5.21 Å². The maximum Gasteiger partial charge on any atom is 0.246 e. The van der Waals surface area contributed by atoms with Gasteiger partial charge in [0.2, 0.25) is 5.91 Å². The zero-order chi connectivity index (χ0) is 6.15. The van der Waals surface area contributed by atoms with Crippen molar-refractivity contribution in [2.75, 3.05) is 0 Å². The first-order chi connectivity index (χ1) is 3.72. The summed E-state index contributed by atoms with van der Waals surface area (Å²) in [7, 11) is 0. The molecule has 1 fully saturated rings. The predicted octanol–water partition coefficient (Wildman–Crippen LogP) is 0.387. The Kier molecular flexibility index (Phi) is 1.21. The molecule has 1 rings (SSSR count). The zero-order valence-electron chi connectivity index (χ0n) is 4.79. The first-order valence-corrected chi connectivity index (χ1v) is 2.73. The van der Waals surface area contributed by atoms with Crippen LogP contribution in [0.25, 0.3) is 0 Å². The highest BCUT2D eigenvalue weighted by Crippen LogP contribution is 2.14. The van der Waals surface area contributed by atoms with Crippen LogP contribution in [0.15, 0.2) is 0 Å². The van der Waals surface area contributed by atoms with Crippen molar-refractivity contribution in [1.82, 2.24) is 5.06 Å². The molecule has 1 N–H and O–H groups in total. The van der Waals surface area contributed by atoms with E-state index in [0.717, 1.165) is 11.5 Å². The minimum absolute atomic E-state index is 0.0301. The summed E-state index contributed by atoms with van der Waals surface area (Å²) in [5, 5.41) is 9.56. The zero-order valence-corrected chi connectivity index (χ0v) is 4.79. The highest BCUT2D eigenvalue weighted by Gasteiger charge is 2.25. The Labute approximate surface area is 47.9 Å². The summed E-state index contributed by atoms with van der Waals surface area (Å²) in [6.07, 6.45) is 1.28. The SMILES string of the molecule is C[C@@H]1CCC(=O)N1O. The number of hydrogen-bond acceptors (Lipinski definition) is 2. The average molecular weight is 115 g/mol. The molecule has 0 aromatic rings. The molecule has 1 heterocycles. The topological polar surface area (TPSA) is 40.5 Å². The molecule has 0 aromatic heterocycles. The van der Waals surface area contributed by atoms with E-state index in [1.54, 1.807) is 0 Å². The van der Waals surface area contributed by atoms with Crippen LogP contribution in [0.5, 0.6) is 0 Å². The van der Waals surface area contributed by atoms with Gasteiger partial charge in [-0.15, -0.1) is 0 Å². The Morgan fingerprint density at radius 1 is 1.88 bits per heavy atom. The predicted molar refractivity (Wildman–Crippen MR) is 27.3 cm³/mol. The molecule has 3 nitrogen and oxygen atoms in total. The molecule has 3 heteroatoms. The van der Waals surface area contributed by atoms with Crippen LogP contribution in [0.3, 0.4) is 0 Å². The summed E-state index contributed by atoms with van der Waals surface area (Å²) in [5.74, 6) is -0.155. The van der Waals surface area contributed by atoms with E-state index in [0.29, 0.717) is 6.42 Å². The van der Waals surface area contributed by atoms with Crippen molar-refractivity contribution in [1.29, 1.82) is 0 Å². The van der Waals surface area contributed by atoms with E-state index in [-0.39, 0.29) is 11.9 Å². The van der Waals surface area contributed by atoms with Gasteiger partial charge in [0.1, 0.15) is 0 Å². The Hall–Kier alpha value is -0.570. The van der Waals surface area contributed by atoms with Gasteiger partial charge in [-0.25, -0.2) is 5.06 Å². The number of carbonyl (C=O) groups is 1. The molecule has 0 aromatic carbocycles. The molecule has 0 bridgehead atoms. The number of rotatable bonds is 0. The molecule has 1 saturated heterocycles. The van der Waals surface area contributed by atoms with Gasteiger partial charge in [-0.2, -0.15) is 0 Å². The molecule has 1 atom stereocenters. The number of nitrogens with zero attached hydrogens (tertiary/aromatic N) is 1. The third-order valence-corrected chi connectivity index (χ3v) is 1.45. The van der Waals surface area contributed by atoms with Crippen LogP contribution >= 0.6 is 0 Å². The molecule has 1 aliphatic heterocycles. The van der Waals surface area contributed by atoms with Crippen LogP contribution in [0.4, 0.5) is 0 Å². The maximum atomic E-state index is 10.5. The monoisotopic (exact) mass is 115 g/mol. The first kappa shape index (κ1) is 5.56. The van der Waals surface area contributed by atoms with Gasteiger partial charge < -0.3 is 0 Å². The van der Waals surface area contributed by atoms with Gasteiger partial charge in [0.15, 0.2) is 0 Å². The first-order valence-electron chi connectivity index (χ1n) is 2.73. The molecule has 1 aliphatic rings. The van der Waals surface area contributed by atoms with Crippen molar-refractivity contribution in [3.8, 4) is 0 Å². The summed E-state index contributed by atoms with van der Waals surface area (Å²) < 4.78 is 0. The van der Waals surface area contributed by atoms with E-state index < -0.39 is 0 Å². The lowest BCUT2D eigenvalue weighted by atomic mass is 10.3. The standard InChI is InChI=1S/C5H9NO2/c1-4-2-3-5(7)6(4)8/h4,8H,2-3H2,1H3/t4-/m1/s1. The quantitative estimate of drug-likeness (QED) is 0.464. The molecule has 0 spiro atoms. The number of carbonyl (C=O) groups excluding carboxylic acids is 1.